The molecule has 0 amide bonds. The minimum atomic E-state index is 0. The molecule has 0 spiro atoms. The summed E-state index contributed by atoms with van der Waals surface area (Å²) in [6.45, 7) is 6.49. The summed E-state index contributed by atoms with van der Waals surface area (Å²) < 4.78 is 0. The first-order valence-corrected chi connectivity index (χ1v) is 7.91. The van der Waals surface area contributed by atoms with Crippen LogP contribution in [-0.2, 0) is 38.7 Å². The van der Waals surface area contributed by atoms with Crippen LogP contribution in [0.3, 0.4) is 0 Å². The summed E-state index contributed by atoms with van der Waals surface area (Å²) in [6.07, 6.45) is 3.48. The van der Waals surface area contributed by atoms with E-state index in [0.29, 0.717) is 0 Å². The largest absolute Gasteiger partial charge is 3.00 e. The molecule has 0 atom stereocenters. The zero-order valence-electron chi connectivity index (χ0n) is 13.9. The van der Waals surface area contributed by atoms with Gasteiger partial charge in [-0.15, -0.1) is 0 Å². The molecule has 0 fully saturated rings. The van der Waals surface area contributed by atoms with Crippen molar-refractivity contribution >= 4 is 0 Å². The van der Waals surface area contributed by atoms with Crippen LogP contribution in [-0.4, -0.2) is 0 Å². The summed E-state index contributed by atoms with van der Waals surface area (Å²) in [4.78, 5) is 0. The van der Waals surface area contributed by atoms with Crippen LogP contribution in [0.1, 0.15) is 37.5 Å². The molecule has 0 nitrogen and oxygen atoms in total. The molecule has 3 aromatic carbocycles. The van der Waals surface area contributed by atoms with Crippen LogP contribution in [0.25, 0.3) is 0 Å². The van der Waals surface area contributed by atoms with Gasteiger partial charge in [-0.2, -0.15) is 53.1 Å². The van der Waals surface area contributed by atoms with Crippen LogP contribution in [0.15, 0.2) is 72.8 Å². The van der Waals surface area contributed by atoms with Crippen LogP contribution < -0.4 is 0 Å². The molecule has 0 aliphatic heterocycles. The fourth-order valence-corrected chi connectivity index (χ4v) is 1.95. The summed E-state index contributed by atoms with van der Waals surface area (Å²) >= 11 is 0. The minimum Gasteiger partial charge on any atom is -0.213 e. The predicted molar refractivity (Wildman–Crippen MR) is 94.2 cm³/mol. The average molecular weight is 381 g/mol. The Kier molecular flexibility index (Phi) is 12.5. The number of aryl methyl sites for hydroxylation is 3. The molecule has 0 N–H and O–H groups in total. The van der Waals surface area contributed by atoms with E-state index in [1.807, 2.05) is 0 Å². The van der Waals surface area contributed by atoms with Crippen LogP contribution in [0, 0.1) is 0 Å². The second-order valence-electron chi connectivity index (χ2n) is 4.94. The van der Waals surface area contributed by atoms with Gasteiger partial charge in [-0.05, 0) is 0 Å². The van der Waals surface area contributed by atoms with Crippen LogP contribution >= 0.6 is 0 Å². The maximum atomic E-state index is 2.16. The summed E-state index contributed by atoms with van der Waals surface area (Å²) in [5.74, 6) is 0. The van der Waals surface area contributed by atoms with Crippen molar-refractivity contribution in [1.82, 2.24) is 0 Å². The van der Waals surface area contributed by atoms with E-state index in [9.17, 15) is 0 Å². The van der Waals surface area contributed by atoms with E-state index in [-0.39, 0.29) is 19.5 Å². The molecule has 22 heavy (non-hydrogen) atoms. The summed E-state index contributed by atoms with van der Waals surface area (Å²) in [6, 6.07) is 25.2. The monoisotopic (exact) mass is 381 g/mol. The molecular weight excluding hydrogens is 353 g/mol. The van der Waals surface area contributed by atoms with Crippen molar-refractivity contribution < 1.29 is 19.5 Å². The Hall–Kier alpha value is -1.33. The van der Waals surface area contributed by atoms with Gasteiger partial charge in [0.1, 0.15) is 0 Å². The molecule has 119 valence electrons. The molecule has 3 aromatic rings. The zero-order valence-corrected chi connectivity index (χ0v) is 15.6. The fraction of sp³-hybridized carbons (Fsp3) is 0.286. The van der Waals surface area contributed by atoms with Crippen molar-refractivity contribution in [3.05, 3.63) is 89.5 Å². The Labute approximate surface area is 149 Å². The normalized spacial score (nSPS) is 8.86. The molecule has 1 radical (unpaired) electrons. The quantitative estimate of drug-likeness (QED) is 0.392. The van der Waals surface area contributed by atoms with E-state index in [2.05, 4.69) is 93.6 Å². The minimum absolute atomic E-state index is 0. The SMILES string of the molecule is CC[c-]1cccc1.CC[c-]1cccc1.CC[c-]1cccc1.[Ru+3]. The number of hydrogen-bond acceptors (Lipinski definition) is 0. The van der Waals surface area contributed by atoms with Gasteiger partial charge in [-0.3, -0.25) is 0 Å². The van der Waals surface area contributed by atoms with E-state index in [1.165, 1.54) is 16.7 Å². The topological polar surface area (TPSA) is 0 Å². The van der Waals surface area contributed by atoms with E-state index >= 15 is 0 Å². The molecule has 0 aromatic heterocycles. The Morgan fingerprint density at radius 1 is 0.455 bits per heavy atom. The van der Waals surface area contributed by atoms with Crippen molar-refractivity contribution in [1.29, 1.82) is 0 Å². The third-order valence-electron chi connectivity index (χ3n) is 3.42. The van der Waals surface area contributed by atoms with Crippen LogP contribution in [0.2, 0.25) is 0 Å². The standard InChI is InChI=1S/3C7H9.Ru/c3*1-2-7-5-3-4-6-7;/h3*3-6H,2H2,1H3;/q3*-1;+3. The molecule has 0 bridgehead atoms. The van der Waals surface area contributed by atoms with E-state index in [0.717, 1.165) is 19.3 Å². The van der Waals surface area contributed by atoms with Crippen LogP contribution in [0.5, 0.6) is 0 Å². The van der Waals surface area contributed by atoms with Crippen molar-refractivity contribution in [2.75, 3.05) is 0 Å². The molecule has 1 heteroatoms. The van der Waals surface area contributed by atoms with E-state index in [1.54, 1.807) is 0 Å². The number of rotatable bonds is 3. The molecule has 0 saturated heterocycles. The Balaban J connectivity index is 0.000000294. The number of hydrogen-bond donors (Lipinski definition) is 0. The molecule has 0 heterocycles. The first-order valence-electron chi connectivity index (χ1n) is 7.91. The molecule has 3 rings (SSSR count). The first-order chi connectivity index (χ1) is 10.3. The molecule has 0 saturated carbocycles. The molecule has 0 aliphatic carbocycles. The van der Waals surface area contributed by atoms with Gasteiger partial charge in [0.2, 0.25) is 0 Å². The van der Waals surface area contributed by atoms with Gasteiger partial charge in [-0.1, -0.05) is 40.0 Å². The Morgan fingerprint density at radius 3 is 0.727 bits per heavy atom. The van der Waals surface area contributed by atoms with Gasteiger partial charge in [0.25, 0.3) is 0 Å². The smallest absolute Gasteiger partial charge is 0.213 e. The van der Waals surface area contributed by atoms with Gasteiger partial charge in [0.05, 0.1) is 0 Å². The van der Waals surface area contributed by atoms with Crippen molar-refractivity contribution in [2.24, 2.45) is 0 Å². The van der Waals surface area contributed by atoms with Gasteiger partial charge in [-0.25, -0.2) is 36.4 Å². The third-order valence-corrected chi connectivity index (χ3v) is 3.42. The van der Waals surface area contributed by atoms with Gasteiger partial charge < -0.3 is 0 Å². The predicted octanol–water partition coefficient (Wildman–Crippen LogP) is 5.90. The Morgan fingerprint density at radius 2 is 0.636 bits per heavy atom. The van der Waals surface area contributed by atoms with Crippen molar-refractivity contribution in [2.45, 2.75) is 40.0 Å². The maximum Gasteiger partial charge on any atom is 3.00 e. The molecular formula is C21H27Ru. The summed E-state index contributed by atoms with van der Waals surface area (Å²) in [5, 5.41) is 0. The van der Waals surface area contributed by atoms with Crippen molar-refractivity contribution in [3.8, 4) is 0 Å². The zero-order chi connectivity index (χ0) is 15.3. The average Bonchev–Trinajstić information content (AvgIpc) is 3.31. The summed E-state index contributed by atoms with van der Waals surface area (Å²) in [5.41, 5.74) is 4.29. The summed E-state index contributed by atoms with van der Waals surface area (Å²) in [7, 11) is 0. The van der Waals surface area contributed by atoms with Crippen molar-refractivity contribution in [3.63, 3.8) is 0 Å². The van der Waals surface area contributed by atoms with Crippen LogP contribution in [0.4, 0.5) is 0 Å². The maximum absolute atomic E-state index is 2.16. The third kappa shape index (κ3) is 8.85. The molecule has 0 unspecified atom stereocenters. The molecule has 0 aliphatic rings. The second-order valence-corrected chi connectivity index (χ2v) is 4.94. The second kappa shape index (κ2) is 13.3. The van der Waals surface area contributed by atoms with Gasteiger partial charge >= 0.3 is 19.5 Å². The van der Waals surface area contributed by atoms with Gasteiger partial charge in [0.15, 0.2) is 0 Å². The first kappa shape index (κ1) is 20.7. The van der Waals surface area contributed by atoms with E-state index < -0.39 is 0 Å². The van der Waals surface area contributed by atoms with E-state index in [4.69, 9.17) is 0 Å². The fourth-order valence-electron chi connectivity index (χ4n) is 1.95. The Bertz CT molecular complexity index is 431. The van der Waals surface area contributed by atoms with Gasteiger partial charge in [0, 0.05) is 0 Å².